The zero-order valence-corrected chi connectivity index (χ0v) is 19.9. The van der Waals surface area contributed by atoms with Crippen molar-refractivity contribution < 1.29 is 0 Å². The fourth-order valence-electron chi connectivity index (χ4n) is 4.25. The van der Waals surface area contributed by atoms with Crippen LogP contribution < -0.4 is 10.5 Å². The summed E-state index contributed by atoms with van der Waals surface area (Å²) in [5.74, 6) is 0.586. The number of benzene rings is 3. The molecule has 0 fully saturated rings. The van der Waals surface area contributed by atoms with Crippen LogP contribution in [0.3, 0.4) is 0 Å². The molecule has 0 saturated carbocycles. The van der Waals surface area contributed by atoms with Crippen molar-refractivity contribution in [2.75, 3.05) is 32.1 Å². The molecule has 0 aliphatic rings. The molecule has 0 saturated heterocycles. The molecule has 0 spiro atoms. The first-order valence-electron chi connectivity index (χ1n) is 11.7. The number of rotatable bonds is 10. The Morgan fingerprint density at radius 2 is 1.68 bits per heavy atom. The van der Waals surface area contributed by atoms with Crippen molar-refractivity contribution in [1.29, 1.82) is 0 Å². The summed E-state index contributed by atoms with van der Waals surface area (Å²) in [6.07, 6.45) is 3.36. The molecule has 174 valence electrons. The molecule has 5 nitrogen and oxygen atoms in total. The van der Waals surface area contributed by atoms with Crippen LogP contribution in [0.1, 0.15) is 16.8 Å². The van der Waals surface area contributed by atoms with E-state index >= 15 is 0 Å². The lowest BCUT2D eigenvalue weighted by atomic mass is 10.0. The van der Waals surface area contributed by atoms with Crippen molar-refractivity contribution in [3.05, 3.63) is 119 Å². The molecule has 0 aliphatic carbocycles. The highest BCUT2D eigenvalue weighted by molar-refractivity contribution is 5.83. The molecule has 0 radical (unpaired) electrons. The number of fused-ring (bicyclic) bond motifs is 1. The highest BCUT2D eigenvalue weighted by Crippen LogP contribution is 2.18. The summed E-state index contributed by atoms with van der Waals surface area (Å²) >= 11 is 0. The molecule has 0 aliphatic heterocycles. The number of nitrogens with one attached hydrogen (secondary N) is 1. The van der Waals surface area contributed by atoms with E-state index in [4.69, 9.17) is 4.98 Å². The molecule has 0 unspecified atom stereocenters. The largest absolute Gasteiger partial charge is 0.337 e. The molecule has 5 heteroatoms. The predicted molar refractivity (Wildman–Crippen MR) is 142 cm³/mol. The lowest BCUT2D eigenvalue weighted by Gasteiger charge is -2.31. The molecule has 1 heterocycles. The van der Waals surface area contributed by atoms with Gasteiger partial charge in [0.15, 0.2) is 0 Å². The second-order valence-electron chi connectivity index (χ2n) is 8.92. The molecule has 34 heavy (non-hydrogen) atoms. The van der Waals surface area contributed by atoms with Crippen LogP contribution in [0.4, 0.5) is 5.95 Å². The number of hydrogen-bond acceptors (Lipinski definition) is 4. The van der Waals surface area contributed by atoms with Gasteiger partial charge in [-0.2, -0.15) is 0 Å². The Kier molecular flexibility index (Phi) is 7.55. The van der Waals surface area contributed by atoms with Gasteiger partial charge in [0.2, 0.25) is 5.95 Å². The average Bonchev–Trinajstić information content (AvgIpc) is 2.83. The smallest absolute Gasteiger partial charge is 0.252 e. The zero-order chi connectivity index (χ0) is 23.9. The summed E-state index contributed by atoms with van der Waals surface area (Å²) in [7, 11) is 4.18. The van der Waals surface area contributed by atoms with Crippen LogP contribution in [0.5, 0.6) is 0 Å². The minimum absolute atomic E-state index is 0.140. The Morgan fingerprint density at radius 1 is 0.941 bits per heavy atom. The Labute approximate surface area is 201 Å². The predicted octanol–water partition coefficient (Wildman–Crippen LogP) is 4.68. The molecule has 3 aromatic carbocycles. The van der Waals surface area contributed by atoms with Gasteiger partial charge in [-0.3, -0.25) is 9.78 Å². The molecule has 4 aromatic rings. The zero-order valence-electron chi connectivity index (χ0n) is 19.9. The fraction of sp³-hybridized carbons (Fsp3) is 0.241. The number of aromatic nitrogens is 2. The van der Waals surface area contributed by atoms with Gasteiger partial charge in [0.1, 0.15) is 0 Å². The van der Waals surface area contributed by atoms with Crippen LogP contribution in [0.25, 0.3) is 10.8 Å². The van der Waals surface area contributed by atoms with E-state index in [1.54, 1.807) is 6.07 Å². The highest BCUT2D eigenvalue weighted by Gasteiger charge is 2.19. The van der Waals surface area contributed by atoms with Crippen LogP contribution in [0.2, 0.25) is 0 Å². The van der Waals surface area contributed by atoms with E-state index in [0.29, 0.717) is 18.9 Å². The summed E-state index contributed by atoms with van der Waals surface area (Å²) in [6.45, 7) is 5.25. The average molecular weight is 453 g/mol. The normalized spacial score (nSPS) is 12.1. The van der Waals surface area contributed by atoms with Gasteiger partial charge in [0.05, 0.1) is 5.69 Å². The second kappa shape index (κ2) is 10.9. The van der Waals surface area contributed by atoms with Crippen molar-refractivity contribution in [3.63, 3.8) is 0 Å². The molecule has 1 atom stereocenters. The topological polar surface area (TPSA) is 52.2 Å². The fourth-order valence-corrected chi connectivity index (χ4v) is 4.25. The van der Waals surface area contributed by atoms with Crippen LogP contribution in [0.15, 0.2) is 96.3 Å². The molecule has 1 aromatic heterocycles. The number of anilines is 1. The van der Waals surface area contributed by atoms with Gasteiger partial charge >= 0.3 is 0 Å². The standard InChI is InChI=1S/C29H32N4O/c1-4-16-33(21-27(32(2)3)19-22-10-6-5-7-11-22)29-30-26(20-28(34)31-29)18-23-14-15-24-12-8-9-13-25(24)17-23/h4-15,17,20,27H,1,16,18-19,21H2,2-3H3,(H,30,31,34)/t27-/m0/s1. The summed E-state index contributed by atoms with van der Waals surface area (Å²) < 4.78 is 0. The summed E-state index contributed by atoms with van der Waals surface area (Å²) in [4.78, 5) is 24.7. The molecule has 4 rings (SSSR count). The van der Waals surface area contributed by atoms with E-state index in [9.17, 15) is 4.79 Å². The van der Waals surface area contributed by atoms with Gasteiger partial charge in [-0.15, -0.1) is 6.58 Å². The van der Waals surface area contributed by atoms with Crippen molar-refractivity contribution in [2.24, 2.45) is 0 Å². The SMILES string of the molecule is C=CCN(C[C@H](Cc1ccccc1)N(C)C)c1nc(Cc2ccc3ccccc3c2)cc(=O)[nH]1. The molecule has 0 amide bonds. The number of likely N-dealkylation sites (N-methyl/N-ethyl adjacent to an activating group) is 1. The quantitative estimate of drug-likeness (QED) is 0.355. The molecule has 0 bridgehead atoms. The van der Waals surface area contributed by atoms with E-state index < -0.39 is 0 Å². The van der Waals surface area contributed by atoms with Crippen molar-refractivity contribution in [1.82, 2.24) is 14.9 Å². The molecular formula is C29H32N4O. The van der Waals surface area contributed by atoms with E-state index in [1.165, 1.54) is 16.3 Å². The number of nitrogens with zero attached hydrogens (tertiary/aromatic N) is 3. The van der Waals surface area contributed by atoms with Crippen molar-refractivity contribution in [3.8, 4) is 0 Å². The Morgan fingerprint density at radius 3 is 2.41 bits per heavy atom. The number of hydrogen-bond donors (Lipinski definition) is 1. The van der Waals surface area contributed by atoms with Crippen LogP contribution >= 0.6 is 0 Å². The monoisotopic (exact) mass is 452 g/mol. The van der Waals surface area contributed by atoms with Gasteiger partial charge < -0.3 is 9.80 Å². The van der Waals surface area contributed by atoms with Crippen molar-refractivity contribution in [2.45, 2.75) is 18.9 Å². The maximum absolute atomic E-state index is 12.6. The number of aromatic amines is 1. The lowest BCUT2D eigenvalue weighted by Crippen LogP contribution is -2.43. The number of H-pyrrole nitrogens is 1. The minimum Gasteiger partial charge on any atom is -0.337 e. The van der Waals surface area contributed by atoms with Gasteiger partial charge in [-0.05, 0) is 42.4 Å². The third kappa shape index (κ3) is 6.00. The summed E-state index contributed by atoms with van der Waals surface area (Å²) in [6, 6.07) is 27.0. The van der Waals surface area contributed by atoms with Gasteiger partial charge in [-0.1, -0.05) is 78.9 Å². The molecular weight excluding hydrogens is 420 g/mol. The minimum atomic E-state index is -0.140. The first-order valence-corrected chi connectivity index (χ1v) is 11.7. The van der Waals surface area contributed by atoms with Crippen LogP contribution in [0, 0.1) is 0 Å². The Balaban J connectivity index is 1.58. The van der Waals surface area contributed by atoms with E-state index in [1.807, 2.05) is 24.3 Å². The third-order valence-electron chi connectivity index (χ3n) is 6.11. The first-order chi connectivity index (χ1) is 16.5. The second-order valence-corrected chi connectivity index (χ2v) is 8.92. The summed E-state index contributed by atoms with van der Waals surface area (Å²) in [5, 5.41) is 2.39. The van der Waals surface area contributed by atoms with E-state index in [-0.39, 0.29) is 11.6 Å². The van der Waals surface area contributed by atoms with Gasteiger partial charge in [0.25, 0.3) is 5.56 Å². The van der Waals surface area contributed by atoms with E-state index in [0.717, 1.165) is 24.2 Å². The van der Waals surface area contributed by atoms with Crippen molar-refractivity contribution >= 4 is 16.7 Å². The third-order valence-corrected chi connectivity index (χ3v) is 6.11. The highest BCUT2D eigenvalue weighted by atomic mass is 16.1. The molecule has 1 N–H and O–H groups in total. The maximum atomic E-state index is 12.6. The van der Waals surface area contributed by atoms with E-state index in [2.05, 4.69) is 90.1 Å². The Bertz CT molecular complexity index is 1300. The van der Waals surface area contributed by atoms with Crippen LogP contribution in [-0.2, 0) is 12.8 Å². The first kappa shape index (κ1) is 23.5. The maximum Gasteiger partial charge on any atom is 0.252 e. The van der Waals surface area contributed by atoms with Crippen LogP contribution in [-0.4, -0.2) is 48.1 Å². The van der Waals surface area contributed by atoms with Gasteiger partial charge in [-0.25, -0.2) is 4.98 Å². The lowest BCUT2D eigenvalue weighted by molar-refractivity contribution is 0.293. The Hall–Kier alpha value is -3.70. The summed E-state index contributed by atoms with van der Waals surface area (Å²) in [5.41, 5.74) is 3.03. The van der Waals surface area contributed by atoms with Gasteiger partial charge in [0, 0.05) is 31.6 Å².